The van der Waals surface area contributed by atoms with Crippen molar-refractivity contribution < 1.29 is 4.74 Å². The quantitative estimate of drug-likeness (QED) is 0.634. The number of nitrogens with zero attached hydrogens (tertiary/aromatic N) is 1. The van der Waals surface area contributed by atoms with E-state index in [0.717, 1.165) is 51.4 Å². The summed E-state index contributed by atoms with van der Waals surface area (Å²) in [6, 6.07) is 0. The Morgan fingerprint density at radius 1 is 1.58 bits per heavy atom. The minimum atomic E-state index is 0.803. The number of amidine groups is 1. The Morgan fingerprint density at radius 3 is 3.00 bits per heavy atom. The van der Waals surface area contributed by atoms with Gasteiger partial charge in [-0.25, -0.2) is 0 Å². The van der Waals surface area contributed by atoms with Gasteiger partial charge in [0.25, 0.3) is 0 Å². The zero-order valence-corrected chi connectivity index (χ0v) is 7.81. The second kappa shape index (κ2) is 5.14. The molecule has 1 heterocycles. The topological polar surface area (TPSA) is 36.3 Å². The lowest BCUT2D eigenvalue weighted by Gasteiger charge is -2.16. The molecule has 0 aromatic heterocycles. The second-order valence-electron chi connectivity index (χ2n) is 3.09. The average Bonchev–Trinajstić information content (AvgIpc) is 2.46. The number of hydrogen-bond acceptors (Lipinski definition) is 2. The highest BCUT2D eigenvalue weighted by atomic mass is 16.5. The summed E-state index contributed by atoms with van der Waals surface area (Å²) in [5.41, 5.74) is 0. The molecule has 0 amide bonds. The Kier molecular flexibility index (Phi) is 4.08. The van der Waals surface area contributed by atoms with Gasteiger partial charge < -0.3 is 9.64 Å². The second-order valence-corrected chi connectivity index (χ2v) is 3.09. The zero-order valence-electron chi connectivity index (χ0n) is 7.81. The molecule has 0 spiro atoms. The van der Waals surface area contributed by atoms with E-state index in [0.29, 0.717) is 0 Å². The van der Waals surface area contributed by atoms with Gasteiger partial charge >= 0.3 is 0 Å². The fourth-order valence-electron chi connectivity index (χ4n) is 1.48. The molecule has 1 aliphatic heterocycles. The summed E-state index contributed by atoms with van der Waals surface area (Å²) in [4.78, 5) is 2.15. The van der Waals surface area contributed by atoms with Gasteiger partial charge in [0.2, 0.25) is 0 Å². The number of hydrogen-bond donors (Lipinski definition) is 1. The van der Waals surface area contributed by atoms with Crippen molar-refractivity contribution in [2.75, 3.05) is 26.3 Å². The molecule has 1 N–H and O–H groups in total. The first-order valence-corrected chi connectivity index (χ1v) is 4.74. The molecule has 0 aliphatic carbocycles. The lowest BCUT2D eigenvalue weighted by molar-refractivity contribution is 0.140. The van der Waals surface area contributed by atoms with Crippen LogP contribution in [-0.4, -0.2) is 37.0 Å². The average molecular weight is 170 g/mol. The molecule has 70 valence electrons. The predicted molar refractivity (Wildman–Crippen MR) is 49.6 cm³/mol. The molecule has 0 bridgehead atoms. The van der Waals surface area contributed by atoms with Crippen molar-refractivity contribution in [2.24, 2.45) is 0 Å². The van der Waals surface area contributed by atoms with Gasteiger partial charge in [-0.3, -0.25) is 5.41 Å². The van der Waals surface area contributed by atoms with Crippen molar-refractivity contribution in [3.63, 3.8) is 0 Å². The van der Waals surface area contributed by atoms with Crippen LogP contribution in [0, 0.1) is 5.41 Å². The highest BCUT2D eigenvalue weighted by Gasteiger charge is 2.15. The van der Waals surface area contributed by atoms with Gasteiger partial charge in [-0.05, 0) is 19.8 Å². The molecule has 0 unspecified atom stereocenters. The lowest BCUT2D eigenvalue weighted by atomic mass is 10.4. The molecule has 12 heavy (non-hydrogen) atoms. The number of rotatable bonds is 5. The Labute approximate surface area is 74.2 Å². The van der Waals surface area contributed by atoms with E-state index in [1.807, 2.05) is 6.92 Å². The predicted octanol–water partition coefficient (Wildman–Crippen LogP) is 1.49. The molecule has 1 rings (SSSR count). The number of ether oxygens (including phenoxy) is 1. The molecular weight excluding hydrogens is 152 g/mol. The lowest BCUT2D eigenvalue weighted by Crippen LogP contribution is -2.25. The molecular formula is C9H18N2O. The first-order valence-electron chi connectivity index (χ1n) is 4.74. The smallest absolute Gasteiger partial charge is 0.0958 e. The van der Waals surface area contributed by atoms with Crippen LogP contribution in [0.5, 0.6) is 0 Å². The number of nitrogens with one attached hydrogen (secondary N) is 1. The van der Waals surface area contributed by atoms with Gasteiger partial charge in [0, 0.05) is 32.7 Å². The van der Waals surface area contributed by atoms with Gasteiger partial charge in [0.05, 0.1) is 5.84 Å². The third-order valence-corrected chi connectivity index (χ3v) is 2.14. The van der Waals surface area contributed by atoms with Gasteiger partial charge in [0.1, 0.15) is 0 Å². The van der Waals surface area contributed by atoms with Crippen molar-refractivity contribution in [1.29, 1.82) is 5.41 Å². The summed E-state index contributed by atoms with van der Waals surface area (Å²) in [5.74, 6) is 0.812. The minimum Gasteiger partial charge on any atom is -0.382 e. The fraction of sp³-hybridized carbons (Fsp3) is 0.889. The SMILES string of the molecule is CCOCCCN1CCCC1=N. The van der Waals surface area contributed by atoms with E-state index in [9.17, 15) is 0 Å². The molecule has 0 radical (unpaired) electrons. The van der Waals surface area contributed by atoms with E-state index in [1.54, 1.807) is 0 Å². The summed E-state index contributed by atoms with van der Waals surface area (Å²) in [6.07, 6.45) is 3.18. The molecule has 0 aromatic carbocycles. The third kappa shape index (κ3) is 2.81. The largest absolute Gasteiger partial charge is 0.382 e. The van der Waals surface area contributed by atoms with Crippen LogP contribution in [0.1, 0.15) is 26.2 Å². The molecule has 0 aromatic rings. The minimum absolute atomic E-state index is 0.803. The molecule has 3 heteroatoms. The fourth-order valence-corrected chi connectivity index (χ4v) is 1.48. The first kappa shape index (κ1) is 9.52. The first-order chi connectivity index (χ1) is 5.84. The van der Waals surface area contributed by atoms with Crippen LogP contribution in [0.4, 0.5) is 0 Å². The van der Waals surface area contributed by atoms with Crippen molar-refractivity contribution in [2.45, 2.75) is 26.2 Å². The summed E-state index contributed by atoms with van der Waals surface area (Å²) < 4.78 is 5.23. The molecule has 1 aliphatic rings. The standard InChI is InChI=1S/C9H18N2O/c1-2-12-8-4-7-11-6-3-5-9(11)10/h10H,2-8H2,1H3. The van der Waals surface area contributed by atoms with Crippen molar-refractivity contribution in [3.05, 3.63) is 0 Å². The van der Waals surface area contributed by atoms with Gasteiger partial charge in [-0.2, -0.15) is 0 Å². The maximum Gasteiger partial charge on any atom is 0.0958 e. The van der Waals surface area contributed by atoms with Crippen molar-refractivity contribution in [1.82, 2.24) is 4.90 Å². The van der Waals surface area contributed by atoms with E-state index < -0.39 is 0 Å². The van der Waals surface area contributed by atoms with E-state index in [1.165, 1.54) is 0 Å². The summed E-state index contributed by atoms with van der Waals surface area (Å²) in [6.45, 7) is 5.72. The van der Waals surface area contributed by atoms with Crippen LogP contribution >= 0.6 is 0 Å². The Morgan fingerprint density at radius 2 is 2.42 bits per heavy atom. The van der Waals surface area contributed by atoms with Gasteiger partial charge in [-0.1, -0.05) is 0 Å². The number of likely N-dealkylation sites (tertiary alicyclic amines) is 1. The van der Waals surface area contributed by atoms with Crippen LogP contribution in [0.3, 0.4) is 0 Å². The van der Waals surface area contributed by atoms with Crippen LogP contribution in [0.25, 0.3) is 0 Å². The molecule has 1 fully saturated rings. The van der Waals surface area contributed by atoms with E-state index in [2.05, 4.69) is 4.90 Å². The summed E-state index contributed by atoms with van der Waals surface area (Å²) in [5, 5.41) is 7.57. The normalized spacial score (nSPS) is 17.4. The third-order valence-electron chi connectivity index (χ3n) is 2.14. The van der Waals surface area contributed by atoms with Crippen molar-refractivity contribution >= 4 is 5.84 Å². The summed E-state index contributed by atoms with van der Waals surface area (Å²) >= 11 is 0. The molecule has 1 saturated heterocycles. The Hall–Kier alpha value is -0.570. The van der Waals surface area contributed by atoms with E-state index >= 15 is 0 Å². The summed E-state index contributed by atoms with van der Waals surface area (Å²) in [7, 11) is 0. The molecule has 3 nitrogen and oxygen atoms in total. The maximum atomic E-state index is 7.57. The maximum absolute atomic E-state index is 7.57. The van der Waals surface area contributed by atoms with Crippen LogP contribution in [-0.2, 0) is 4.74 Å². The Balaban J connectivity index is 2.02. The zero-order chi connectivity index (χ0) is 8.81. The Bertz CT molecular complexity index is 147. The van der Waals surface area contributed by atoms with Crippen LogP contribution in [0.15, 0.2) is 0 Å². The highest BCUT2D eigenvalue weighted by molar-refractivity contribution is 5.80. The van der Waals surface area contributed by atoms with Gasteiger partial charge in [0.15, 0.2) is 0 Å². The van der Waals surface area contributed by atoms with Crippen LogP contribution < -0.4 is 0 Å². The highest BCUT2D eigenvalue weighted by Crippen LogP contribution is 2.09. The van der Waals surface area contributed by atoms with E-state index in [4.69, 9.17) is 10.1 Å². The monoisotopic (exact) mass is 170 g/mol. The van der Waals surface area contributed by atoms with E-state index in [-0.39, 0.29) is 0 Å². The molecule has 0 saturated carbocycles. The molecule has 0 atom stereocenters. The van der Waals surface area contributed by atoms with Crippen LogP contribution in [0.2, 0.25) is 0 Å². The van der Waals surface area contributed by atoms with Gasteiger partial charge in [-0.15, -0.1) is 0 Å². The van der Waals surface area contributed by atoms with Crippen molar-refractivity contribution in [3.8, 4) is 0 Å².